The molecule has 0 atom stereocenters. The van der Waals surface area contributed by atoms with Crippen LogP contribution in [0.3, 0.4) is 0 Å². The van der Waals surface area contributed by atoms with Crippen molar-refractivity contribution in [1.29, 1.82) is 0 Å². The second-order valence-electron chi connectivity index (χ2n) is 3.45. The van der Waals surface area contributed by atoms with Crippen LogP contribution in [-0.4, -0.2) is 37.6 Å². The number of nitrogens with zero attached hydrogens (tertiary/aromatic N) is 1. The van der Waals surface area contributed by atoms with Crippen LogP contribution in [0.5, 0.6) is 0 Å². The van der Waals surface area contributed by atoms with E-state index in [0.29, 0.717) is 10.6 Å². The molecule has 0 fully saturated rings. The Morgan fingerprint density at radius 2 is 2.20 bits per heavy atom. The third kappa shape index (κ3) is 4.24. The summed E-state index contributed by atoms with van der Waals surface area (Å²) in [5.41, 5.74) is 0.550. The van der Waals surface area contributed by atoms with Crippen molar-refractivity contribution in [3.05, 3.63) is 28.8 Å². The van der Waals surface area contributed by atoms with Crippen molar-refractivity contribution < 1.29 is 4.79 Å². The van der Waals surface area contributed by atoms with E-state index in [4.69, 9.17) is 11.6 Å². The second kappa shape index (κ2) is 6.16. The molecule has 0 heterocycles. The number of hydrogen-bond donors (Lipinski definition) is 0. The summed E-state index contributed by atoms with van der Waals surface area (Å²) in [6.07, 6.45) is 0.774. The maximum absolute atomic E-state index is 10.5. The zero-order valence-electron chi connectivity index (χ0n) is 8.87. The standard InChI is InChI=1S/C11H14ClNOS/c1-13(2)5-6-15-10-4-3-9(8-14)11(12)7-10/h3-4,7-8H,5-6H2,1-2H3. The Labute approximate surface area is 99.6 Å². The normalized spacial score (nSPS) is 10.7. The average molecular weight is 244 g/mol. The molecule has 15 heavy (non-hydrogen) atoms. The Bertz CT molecular complexity index is 341. The van der Waals surface area contributed by atoms with Crippen LogP contribution < -0.4 is 0 Å². The number of aldehydes is 1. The van der Waals surface area contributed by atoms with Gasteiger partial charge in [0, 0.05) is 22.8 Å². The number of rotatable bonds is 5. The van der Waals surface area contributed by atoms with Crippen LogP contribution in [0.15, 0.2) is 23.1 Å². The van der Waals surface area contributed by atoms with Crippen LogP contribution in [0.25, 0.3) is 0 Å². The molecular weight excluding hydrogens is 230 g/mol. The highest BCUT2D eigenvalue weighted by molar-refractivity contribution is 7.99. The number of halogens is 1. The van der Waals surface area contributed by atoms with Gasteiger partial charge in [-0.25, -0.2) is 0 Å². The molecule has 0 radical (unpaired) electrons. The van der Waals surface area contributed by atoms with Gasteiger partial charge in [-0.05, 0) is 32.3 Å². The van der Waals surface area contributed by atoms with Crippen molar-refractivity contribution in [2.45, 2.75) is 4.90 Å². The zero-order valence-corrected chi connectivity index (χ0v) is 10.4. The summed E-state index contributed by atoms with van der Waals surface area (Å²) in [4.78, 5) is 13.8. The minimum absolute atomic E-state index is 0.528. The van der Waals surface area contributed by atoms with Gasteiger partial charge >= 0.3 is 0 Å². The molecule has 0 saturated carbocycles. The maximum atomic E-state index is 10.5. The van der Waals surface area contributed by atoms with Crippen molar-refractivity contribution in [2.75, 3.05) is 26.4 Å². The Hall–Kier alpha value is -0.510. The number of hydrogen-bond acceptors (Lipinski definition) is 3. The van der Waals surface area contributed by atoms with Crippen molar-refractivity contribution in [3.63, 3.8) is 0 Å². The minimum atomic E-state index is 0.528. The SMILES string of the molecule is CN(C)CCSc1ccc(C=O)c(Cl)c1. The number of thioether (sulfide) groups is 1. The van der Waals surface area contributed by atoms with E-state index >= 15 is 0 Å². The van der Waals surface area contributed by atoms with E-state index in [0.717, 1.165) is 23.5 Å². The fourth-order valence-electron chi connectivity index (χ4n) is 1.04. The quantitative estimate of drug-likeness (QED) is 0.586. The zero-order chi connectivity index (χ0) is 11.3. The third-order valence-electron chi connectivity index (χ3n) is 1.91. The molecule has 0 aliphatic heterocycles. The fourth-order valence-corrected chi connectivity index (χ4v) is 2.39. The molecule has 0 aromatic heterocycles. The Morgan fingerprint density at radius 3 is 2.73 bits per heavy atom. The first-order valence-corrected chi connectivity index (χ1v) is 6.02. The molecule has 1 aromatic carbocycles. The first-order valence-electron chi connectivity index (χ1n) is 4.65. The van der Waals surface area contributed by atoms with Crippen LogP contribution in [0.4, 0.5) is 0 Å². The number of benzene rings is 1. The molecule has 0 unspecified atom stereocenters. The molecule has 4 heteroatoms. The molecule has 0 aliphatic rings. The van der Waals surface area contributed by atoms with E-state index in [9.17, 15) is 4.79 Å². The Morgan fingerprint density at radius 1 is 1.47 bits per heavy atom. The first kappa shape index (κ1) is 12.6. The summed E-state index contributed by atoms with van der Waals surface area (Å²) in [6, 6.07) is 5.52. The highest BCUT2D eigenvalue weighted by Gasteiger charge is 2.01. The highest BCUT2D eigenvalue weighted by atomic mass is 35.5. The summed E-state index contributed by atoms with van der Waals surface area (Å²) < 4.78 is 0. The lowest BCUT2D eigenvalue weighted by Gasteiger charge is -2.08. The Kier molecular flexibility index (Phi) is 5.15. The molecule has 82 valence electrons. The van der Waals surface area contributed by atoms with Crippen molar-refractivity contribution >= 4 is 29.6 Å². The van der Waals surface area contributed by atoms with E-state index in [1.54, 1.807) is 17.8 Å². The first-order chi connectivity index (χ1) is 7.13. The van der Waals surface area contributed by atoms with Gasteiger partial charge in [-0.1, -0.05) is 11.6 Å². The number of carbonyl (C=O) groups excluding carboxylic acids is 1. The maximum Gasteiger partial charge on any atom is 0.151 e. The minimum Gasteiger partial charge on any atom is -0.309 e. The molecular formula is C11H14ClNOS. The lowest BCUT2D eigenvalue weighted by Crippen LogP contribution is -2.14. The number of carbonyl (C=O) groups is 1. The van der Waals surface area contributed by atoms with Crippen molar-refractivity contribution in [2.24, 2.45) is 0 Å². The van der Waals surface area contributed by atoms with E-state index in [2.05, 4.69) is 4.90 Å². The summed E-state index contributed by atoms with van der Waals surface area (Å²) in [5.74, 6) is 1.02. The molecule has 0 saturated heterocycles. The van der Waals surface area contributed by atoms with Gasteiger partial charge in [-0.15, -0.1) is 11.8 Å². The van der Waals surface area contributed by atoms with Crippen LogP contribution in [0.1, 0.15) is 10.4 Å². The van der Waals surface area contributed by atoms with Gasteiger partial charge in [0.2, 0.25) is 0 Å². The van der Waals surface area contributed by atoms with E-state index in [1.807, 2.05) is 26.2 Å². The summed E-state index contributed by atoms with van der Waals surface area (Å²) in [5, 5.41) is 0.528. The topological polar surface area (TPSA) is 20.3 Å². The van der Waals surface area contributed by atoms with E-state index in [1.165, 1.54) is 0 Å². The van der Waals surface area contributed by atoms with E-state index < -0.39 is 0 Å². The molecule has 0 bridgehead atoms. The van der Waals surface area contributed by atoms with Gasteiger partial charge in [0.25, 0.3) is 0 Å². The predicted molar refractivity (Wildman–Crippen MR) is 66.1 cm³/mol. The summed E-state index contributed by atoms with van der Waals surface area (Å²) >= 11 is 7.66. The van der Waals surface area contributed by atoms with Crippen LogP contribution in [-0.2, 0) is 0 Å². The van der Waals surface area contributed by atoms with Gasteiger partial charge < -0.3 is 4.90 Å². The van der Waals surface area contributed by atoms with Crippen LogP contribution in [0.2, 0.25) is 5.02 Å². The predicted octanol–water partition coefficient (Wildman–Crippen LogP) is 2.81. The van der Waals surface area contributed by atoms with Gasteiger partial charge in [0.05, 0.1) is 5.02 Å². The Balaban J connectivity index is 2.56. The smallest absolute Gasteiger partial charge is 0.151 e. The van der Waals surface area contributed by atoms with Gasteiger partial charge in [0.15, 0.2) is 6.29 Å². The lowest BCUT2D eigenvalue weighted by molar-refractivity contribution is 0.112. The highest BCUT2D eigenvalue weighted by Crippen LogP contribution is 2.23. The third-order valence-corrected chi connectivity index (χ3v) is 3.21. The van der Waals surface area contributed by atoms with Gasteiger partial charge in [0.1, 0.15) is 0 Å². The summed E-state index contributed by atoms with van der Waals surface area (Å²) in [7, 11) is 4.09. The molecule has 2 nitrogen and oxygen atoms in total. The monoisotopic (exact) mass is 243 g/mol. The molecule has 1 rings (SSSR count). The largest absolute Gasteiger partial charge is 0.309 e. The van der Waals surface area contributed by atoms with Gasteiger partial charge in [-0.3, -0.25) is 4.79 Å². The molecule has 0 spiro atoms. The lowest BCUT2D eigenvalue weighted by atomic mass is 10.2. The van der Waals surface area contributed by atoms with Crippen molar-refractivity contribution in [1.82, 2.24) is 4.90 Å². The molecule has 1 aromatic rings. The summed E-state index contributed by atoms with van der Waals surface area (Å²) in [6.45, 7) is 1.03. The molecule has 0 N–H and O–H groups in total. The van der Waals surface area contributed by atoms with E-state index in [-0.39, 0.29) is 0 Å². The molecule has 0 aliphatic carbocycles. The molecule has 0 amide bonds. The average Bonchev–Trinajstić information content (AvgIpc) is 2.17. The van der Waals surface area contributed by atoms with Crippen molar-refractivity contribution in [3.8, 4) is 0 Å². The van der Waals surface area contributed by atoms with Gasteiger partial charge in [-0.2, -0.15) is 0 Å². The van der Waals surface area contributed by atoms with Crippen LogP contribution in [0, 0.1) is 0 Å². The second-order valence-corrected chi connectivity index (χ2v) is 5.03. The fraction of sp³-hybridized carbons (Fsp3) is 0.364. The van der Waals surface area contributed by atoms with Crippen LogP contribution >= 0.6 is 23.4 Å².